The summed E-state index contributed by atoms with van der Waals surface area (Å²) >= 11 is 3.52. The van der Waals surface area contributed by atoms with Gasteiger partial charge in [-0.15, -0.1) is 0 Å². The van der Waals surface area contributed by atoms with Gasteiger partial charge < -0.3 is 0 Å². The normalized spacial score (nSPS) is 11.4. The first-order valence-electron chi connectivity index (χ1n) is 15.7. The fraction of sp³-hybridized carbons (Fsp3) is 0.143. The first kappa shape index (κ1) is 31.6. The predicted octanol–water partition coefficient (Wildman–Crippen LogP) is 10.6. The van der Waals surface area contributed by atoms with E-state index in [0.29, 0.717) is 0 Å². The zero-order chi connectivity index (χ0) is 32.4. The highest BCUT2D eigenvalue weighted by Crippen LogP contribution is 2.30. The fourth-order valence-electron chi connectivity index (χ4n) is 6.42. The highest BCUT2D eigenvalue weighted by molar-refractivity contribution is 9.10. The molecule has 0 N–H and O–H groups in total. The van der Waals surface area contributed by atoms with Gasteiger partial charge in [-0.1, -0.05) is 128 Å². The van der Waals surface area contributed by atoms with Gasteiger partial charge in [0.1, 0.15) is 8.07 Å². The van der Waals surface area contributed by atoms with E-state index in [1.165, 1.54) is 65.3 Å². The molecule has 0 aliphatic rings. The van der Waals surface area contributed by atoms with Crippen molar-refractivity contribution in [3.8, 4) is 22.5 Å². The van der Waals surface area contributed by atoms with Crippen LogP contribution < -0.4 is 10.4 Å². The molecule has 2 aromatic heterocycles. The topological polar surface area (TPSA) is 25.8 Å². The number of hydrogen-bond acceptors (Lipinski definition) is 2. The van der Waals surface area contributed by atoms with Crippen LogP contribution >= 0.6 is 15.9 Å². The number of rotatable bonds is 4. The van der Waals surface area contributed by atoms with Crippen molar-refractivity contribution in [3.05, 3.63) is 154 Å². The molecule has 0 radical (unpaired) electrons. The molecule has 0 saturated carbocycles. The maximum absolute atomic E-state index is 4.72. The van der Waals surface area contributed by atoms with Crippen molar-refractivity contribution in [2.24, 2.45) is 0 Å². The van der Waals surface area contributed by atoms with E-state index in [2.05, 4.69) is 171 Å². The SMILES string of the molecule is Cc1cc(C)cc(-c2nccc3cc(Br)ccc23)c1.Cc1cc(C)cc(-c2nccc3cc([Si](C)(C)c4ccccc4)ccc23)c1. The lowest BCUT2D eigenvalue weighted by molar-refractivity contribution is 1.32. The van der Waals surface area contributed by atoms with Crippen LogP contribution in [0.15, 0.2) is 132 Å². The molecule has 5 aromatic carbocycles. The van der Waals surface area contributed by atoms with E-state index in [1.807, 2.05) is 18.5 Å². The van der Waals surface area contributed by atoms with Crippen LogP contribution in [0.2, 0.25) is 13.1 Å². The first-order valence-corrected chi connectivity index (χ1v) is 19.5. The quantitative estimate of drug-likeness (QED) is 0.173. The van der Waals surface area contributed by atoms with Crippen molar-refractivity contribution >= 4 is 55.9 Å². The van der Waals surface area contributed by atoms with E-state index in [1.54, 1.807) is 0 Å². The summed E-state index contributed by atoms with van der Waals surface area (Å²) < 4.78 is 1.09. The van der Waals surface area contributed by atoms with E-state index in [4.69, 9.17) is 4.98 Å². The third-order valence-electron chi connectivity index (χ3n) is 8.70. The molecule has 0 atom stereocenters. The van der Waals surface area contributed by atoms with Gasteiger partial charge in [-0.25, -0.2) is 0 Å². The van der Waals surface area contributed by atoms with Gasteiger partial charge in [-0.3, -0.25) is 9.97 Å². The Labute approximate surface area is 282 Å². The van der Waals surface area contributed by atoms with Crippen LogP contribution in [-0.2, 0) is 0 Å². The standard InChI is InChI=1S/C25H25NSi.C17H14BrN/c1-18-14-19(2)16-21(15-18)25-24-11-10-23(17-20(24)12-13-26-25)27(3,4)22-8-6-5-7-9-22;1-11-7-12(2)9-14(8-11)17-16-4-3-15(18)10-13(16)5-6-19-17/h5-17H,1-4H3;3-10H,1-2H3. The number of pyridine rings is 2. The van der Waals surface area contributed by atoms with Crippen LogP contribution in [0.1, 0.15) is 22.3 Å². The van der Waals surface area contributed by atoms with Crippen LogP contribution in [0.3, 0.4) is 0 Å². The molecule has 0 unspecified atom stereocenters. The largest absolute Gasteiger partial charge is 0.256 e. The van der Waals surface area contributed by atoms with Gasteiger partial charge in [0.15, 0.2) is 0 Å². The lowest BCUT2D eigenvalue weighted by Crippen LogP contribution is -2.52. The second kappa shape index (κ2) is 13.2. The number of nitrogens with zero attached hydrogens (tertiary/aromatic N) is 2. The lowest BCUT2D eigenvalue weighted by Gasteiger charge is -2.24. The Balaban J connectivity index is 0.000000172. The van der Waals surface area contributed by atoms with Gasteiger partial charge in [0.05, 0.1) is 11.4 Å². The summed E-state index contributed by atoms with van der Waals surface area (Å²) in [4.78, 5) is 9.29. The summed E-state index contributed by atoms with van der Waals surface area (Å²) in [6.07, 6.45) is 3.82. The van der Waals surface area contributed by atoms with E-state index < -0.39 is 8.07 Å². The maximum atomic E-state index is 4.72. The predicted molar refractivity (Wildman–Crippen MR) is 204 cm³/mol. The van der Waals surface area contributed by atoms with Crippen LogP contribution in [0.4, 0.5) is 0 Å². The van der Waals surface area contributed by atoms with Gasteiger partial charge >= 0.3 is 0 Å². The maximum Gasteiger partial charge on any atom is 0.112 e. The summed E-state index contributed by atoms with van der Waals surface area (Å²) in [5.41, 5.74) is 9.60. The summed E-state index contributed by atoms with van der Waals surface area (Å²) in [7, 11) is -1.71. The molecular formula is C42H39BrN2Si. The van der Waals surface area contributed by atoms with Gasteiger partial charge in [0.25, 0.3) is 0 Å². The Morgan fingerprint density at radius 2 is 0.957 bits per heavy atom. The Morgan fingerprint density at radius 1 is 0.478 bits per heavy atom. The van der Waals surface area contributed by atoms with Crippen molar-refractivity contribution in [2.45, 2.75) is 40.8 Å². The van der Waals surface area contributed by atoms with Gasteiger partial charge in [-0.2, -0.15) is 0 Å². The van der Waals surface area contributed by atoms with E-state index in [9.17, 15) is 0 Å². The van der Waals surface area contributed by atoms with Crippen molar-refractivity contribution in [1.29, 1.82) is 0 Å². The molecule has 46 heavy (non-hydrogen) atoms. The molecule has 4 heteroatoms. The van der Waals surface area contributed by atoms with Gasteiger partial charge in [0.2, 0.25) is 0 Å². The highest BCUT2D eigenvalue weighted by atomic mass is 79.9. The second-order valence-electron chi connectivity index (χ2n) is 12.9. The summed E-state index contributed by atoms with van der Waals surface area (Å²) in [6.45, 7) is 13.4. The van der Waals surface area contributed by atoms with E-state index in [-0.39, 0.29) is 0 Å². The first-order chi connectivity index (χ1) is 22.1. The lowest BCUT2D eigenvalue weighted by atomic mass is 10.0. The second-order valence-corrected chi connectivity index (χ2v) is 18.2. The average Bonchev–Trinajstić information content (AvgIpc) is 3.03. The molecule has 228 valence electrons. The average molecular weight is 680 g/mol. The zero-order valence-electron chi connectivity index (χ0n) is 27.4. The minimum atomic E-state index is -1.71. The van der Waals surface area contributed by atoms with Crippen LogP contribution in [-0.4, -0.2) is 18.0 Å². The molecule has 0 amide bonds. The molecule has 7 aromatic rings. The van der Waals surface area contributed by atoms with E-state index in [0.717, 1.165) is 15.9 Å². The van der Waals surface area contributed by atoms with Crippen molar-refractivity contribution in [2.75, 3.05) is 0 Å². The number of aryl methyl sites for hydroxylation is 4. The minimum absolute atomic E-state index is 1.05. The van der Waals surface area contributed by atoms with Crippen LogP contribution in [0.5, 0.6) is 0 Å². The molecule has 0 spiro atoms. The Bertz CT molecular complexity index is 2150. The molecule has 0 fully saturated rings. The van der Waals surface area contributed by atoms with Crippen LogP contribution in [0, 0.1) is 27.7 Å². The molecule has 0 saturated heterocycles. The molecule has 2 nitrogen and oxygen atoms in total. The Kier molecular flexibility index (Phi) is 9.03. The number of halogens is 1. The Morgan fingerprint density at radius 3 is 1.48 bits per heavy atom. The van der Waals surface area contributed by atoms with Crippen LogP contribution in [0.25, 0.3) is 44.1 Å². The molecular weight excluding hydrogens is 640 g/mol. The monoisotopic (exact) mass is 678 g/mol. The van der Waals surface area contributed by atoms with Crippen molar-refractivity contribution in [1.82, 2.24) is 9.97 Å². The minimum Gasteiger partial charge on any atom is -0.256 e. The highest BCUT2D eigenvalue weighted by Gasteiger charge is 2.26. The smallest absolute Gasteiger partial charge is 0.112 e. The third kappa shape index (κ3) is 6.74. The number of hydrogen-bond donors (Lipinski definition) is 0. The molecule has 2 heterocycles. The molecule has 0 aliphatic heterocycles. The third-order valence-corrected chi connectivity index (χ3v) is 12.7. The zero-order valence-corrected chi connectivity index (χ0v) is 30.0. The summed E-state index contributed by atoms with van der Waals surface area (Å²) in [6, 6.07) is 41.6. The van der Waals surface area contributed by atoms with Gasteiger partial charge in [-0.05, 0) is 87.0 Å². The number of aromatic nitrogens is 2. The molecule has 0 bridgehead atoms. The van der Waals surface area contributed by atoms with Gasteiger partial charge in [0, 0.05) is 38.8 Å². The molecule has 7 rings (SSSR count). The van der Waals surface area contributed by atoms with Crippen molar-refractivity contribution in [3.63, 3.8) is 0 Å². The fourth-order valence-corrected chi connectivity index (χ4v) is 9.17. The van der Waals surface area contributed by atoms with E-state index >= 15 is 0 Å². The Hall–Kier alpha value is -4.38. The summed E-state index contributed by atoms with van der Waals surface area (Å²) in [5.74, 6) is 0. The van der Waals surface area contributed by atoms with Crippen molar-refractivity contribution < 1.29 is 0 Å². The number of fused-ring (bicyclic) bond motifs is 2. The molecule has 0 aliphatic carbocycles. The number of benzene rings is 5. The summed E-state index contributed by atoms with van der Waals surface area (Å²) in [5, 5.41) is 7.82.